The molecule has 1 heterocycles. The van der Waals surface area contributed by atoms with E-state index in [-0.39, 0.29) is 5.56 Å². The molecule has 0 aliphatic heterocycles. The highest BCUT2D eigenvalue weighted by atomic mass is 16.5. The van der Waals surface area contributed by atoms with Gasteiger partial charge in [0.1, 0.15) is 11.3 Å². The van der Waals surface area contributed by atoms with Crippen molar-refractivity contribution in [2.24, 2.45) is 0 Å². The first-order valence-electron chi connectivity index (χ1n) is 5.96. The Morgan fingerprint density at radius 1 is 1.37 bits per heavy atom. The number of aromatic nitrogens is 1. The molecule has 0 amide bonds. The number of ether oxygens (including phenoxy) is 2. The molecule has 5 heteroatoms. The number of aromatic carboxylic acids is 1. The van der Waals surface area contributed by atoms with Crippen molar-refractivity contribution in [1.29, 1.82) is 0 Å². The molecule has 1 aromatic carbocycles. The van der Waals surface area contributed by atoms with Crippen LogP contribution in [0.4, 0.5) is 0 Å². The second-order valence-corrected chi connectivity index (χ2v) is 4.05. The maximum atomic E-state index is 11.1. The molecule has 0 radical (unpaired) electrons. The summed E-state index contributed by atoms with van der Waals surface area (Å²) in [5.41, 5.74) is 0.868. The highest BCUT2D eigenvalue weighted by Crippen LogP contribution is 2.25. The number of nitrogens with zero attached hydrogens (tertiary/aromatic N) is 1. The molecular weight excluding hydrogens is 246 g/mol. The minimum absolute atomic E-state index is 0.197. The van der Waals surface area contributed by atoms with Crippen LogP contribution < -0.4 is 4.74 Å². The van der Waals surface area contributed by atoms with Crippen molar-refractivity contribution in [3.63, 3.8) is 0 Å². The second kappa shape index (κ2) is 6.15. The van der Waals surface area contributed by atoms with Crippen LogP contribution in [0.25, 0.3) is 10.9 Å². The Morgan fingerprint density at radius 3 is 2.95 bits per heavy atom. The zero-order valence-corrected chi connectivity index (χ0v) is 10.6. The first-order valence-corrected chi connectivity index (χ1v) is 5.96. The van der Waals surface area contributed by atoms with Gasteiger partial charge in [-0.2, -0.15) is 0 Å². The molecule has 19 heavy (non-hydrogen) atoms. The number of benzene rings is 1. The van der Waals surface area contributed by atoms with E-state index in [1.807, 2.05) is 6.07 Å². The van der Waals surface area contributed by atoms with Crippen LogP contribution in [0.1, 0.15) is 16.8 Å². The van der Waals surface area contributed by atoms with E-state index in [0.717, 1.165) is 11.8 Å². The summed E-state index contributed by atoms with van der Waals surface area (Å²) < 4.78 is 10.5. The van der Waals surface area contributed by atoms with Crippen LogP contribution in [-0.4, -0.2) is 36.4 Å². The third-order valence-electron chi connectivity index (χ3n) is 2.67. The number of fused-ring (bicyclic) bond motifs is 1. The van der Waals surface area contributed by atoms with E-state index in [1.54, 1.807) is 25.4 Å². The summed E-state index contributed by atoms with van der Waals surface area (Å²) in [5.74, 6) is -0.487. The van der Waals surface area contributed by atoms with Crippen molar-refractivity contribution in [1.82, 2.24) is 4.98 Å². The average molecular weight is 261 g/mol. The van der Waals surface area contributed by atoms with E-state index in [9.17, 15) is 4.79 Å². The quantitative estimate of drug-likeness (QED) is 0.808. The Hall–Kier alpha value is -2.14. The van der Waals surface area contributed by atoms with E-state index >= 15 is 0 Å². The molecule has 2 aromatic rings. The summed E-state index contributed by atoms with van der Waals surface area (Å²) >= 11 is 0. The fourth-order valence-corrected chi connectivity index (χ4v) is 1.78. The van der Waals surface area contributed by atoms with Crippen LogP contribution in [0.5, 0.6) is 5.75 Å². The third-order valence-corrected chi connectivity index (χ3v) is 2.67. The monoisotopic (exact) mass is 261 g/mol. The van der Waals surface area contributed by atoms with Gasteiger partial charge in [0.2, 0.25) is 0 Å². The third kappa shape index (κ3) is 3.20. The van der Waals surface area contributed by atoms with Gasteiger partial charge in [-0.3, -0.25) is 4.98 Å². The summed E-state index contributed by atoms with van der Waals surface area (Å²) in [6, 6.07) is 6.68. The lowest BCUT2D eigenvalue weighted by molar-refractivity contribution is 0.0696. The summed E-state index contributed by atoms with van der Waals surface area (Å²) in [6.45, 7) is 1.06. The van der Waals surface area contributed by atoms with Gasteiger partial charge in [-0.1, -0.05) is 6.07 Å². The molecule has 1 aromatic heterocycles. The van der Waals surface area contributed by atoms with Crippen molar-refractivity contribution in [2.75, 3.05) is 20.3 Å². The highest BCUT2D eigenvalue weighted by molar-refractivity contribution is 5.95. The lowest BCUT2D eigenvalue weighted by atomic mass is 10.1. The number of carboxylic acids is 1. The zero-order valence-electron chi connectivity index (χ0n) is 10.6. The largest absolute Gasteiger partial charge is 0.491 e. The van der Waals surface area contributed by atoms with Gasteiger partial charge in [0, 0.05) is 31.7 Å². The molecule has 0 fully saturated rings. The molecule has 0 aliphatic rings. The fourth-order valence-electron chi connectivity index (χ4n) is 1.78. The van der Waals surface area contributed by atoms with Crippen LogP contribution in [0, 0.1) is 0 Å². The van der Waals surface area contributed by atoms with Crippen molar-refractivity contribution < 1.29 is 19.4 Å². The van der Waals surface area contributed by atoms with Gasteiger partial charge >= 0.3 is 5.97 Å². The van der Waals surface area contributed by atoms with Crippen LogP contribution >= 0.6 is 0 Å². The number of carboxylic acid groups (broad SMARTS) is 1. The predicted octanol–water partition coefficient (Wildman–Crippen LogP) is 2.35. The van der Waals surface area contributed by atoms with E-state index in [4.69, 9.17) is 14.6 Å². The normalized spacial score (nSPS) is 10.6. The van der Waals surface area contributed by atoms with Gasteiger partial charge in [0.05, 0.1) is 12.2 Å². The molecule has 0 spiro atoms. The fraction of sp³-hybridized carbons (Fsp3) is 0.286. The number of rotatable bonds is 6. The highest BCUT2D eigenvalue weighted by Gasteiger charge is 2.10. The Morgan fingerprint density at radius 2 is 2.21 bits per heavy atom. The van der Waals surface area contributed by atoms with E-state index < -0.39 is 5.97 Å². The summed E-state index contributed by atoms with van der Waals surface area (Å²) in [5, 5.41) is 9.84. The molecular formula is C14H15NO4. The maximum Gasteiger partial charge on any atom is 0.335 e. The first kappa shape index (κ1) is 13.3. The number of hydrogen-bond donors (Lipinski definition) is 1. The van der Waals surface area contributed by atoms with Gasteiger partial charge in [-0.15, -0.1) is 0 Å². The molecule has 0 saturated carbocycles. The summed E-state index contributed by atoms with van der Waals surface area (Å²) in [4.78, 5) is 15.3. The molecule has 0 aliphatic carbocycles. The molecule has 0 unspecified atom stereocenters. The van der Waals surface area contributed by atoms with Gasteiger partial charge in [0.25, 0.3) is 0 Å². The number of pyridine rings is 1. The average Bonchev–Trinajstić information content (AvgIpc) is 2.43. The van der Waals surface area contributed by atoms with Gasteiger partial charge in [0.15, 0.2) is 0 Å². The van der Waals surface area contributed by atoms with Crippen molar-refractivity contribution in [3.05, 3.63) is 36.0 Å². The molecule has 100 valence electrons. The van der Waals surface area contributed by atoms with Crippen LogP contribution in [0.15, 0.2) is 30.5 Å². The SMILES string of the molecule is COCCCOc1cc(C(=O)O)cc2cccnc12. The zero-order chi connectivity index (χ0) is 13.7. The number of carbonyl (C=O) groups is 1. The molecule has 0 bridgehead atoms. The topological polar surface area (TPSA) is 68.7 Å². The smallest absolute Gasteiger partial charge is 0.335 e. The van der Waals surface area contributed by atoms with E-state index in [2.05, 4.69) is 4.98 Å². The van der Waals surface area contributed by atoms with Crippen molar-refractivity contribution >= 4 is 16.9 Å². The molecule has 5 nitrogen and oxygen atoms in total. The van der Waals surface area contributed by atoms with Crippen molar-refractivity contribution in [2.45, 2.75) is 6.42 Å². The number of methoxy groups -OCH3 is 1. The minimum atomic E-state index is -0.979. The van der Waals surface area contributed by atoms with Gasteiger partial charge < -0.3 is 14.6 Å². The first-order chi connectivity index (χ1) is 9.22. The molecule has 0 atom stereocenters. The second-order valence-electron chi connectivity index (χ2n) is 4.05. The van der Waals surface area contributed by atoms with Crippen LogP contribution in [0.2, 0.25) is 0 Å². The van der Waals surface area contributed by atoms with E-state index in [1.165, 1.54) is 6.07 Å². The lowest BCUT2D eigenvalue weighted by Crippen LogP contribution is -2.04. The standard InChI is InChI=1S/C14H15NO4/c1-18-6-3-7-19-12-9-11(14(16)17)8-10-4-2-5-15-13(10)12/h2,4-5,8-9H,3,6-7H2,1H3,(H,16,17). The van der Waals surface area contributed by atoms with Crippen LogP contribution in [0.3, 0.4) is 0 Å². The number of hydrogen-bond acceptors (Lipinski definition) is 4. The Balaban J connectivity index is 2.31. The summed E-state index contributed by atoms with van der Waals surface area (Å²) in [6.07, 6.45) is 2.40. The van der Waals surface area contributed by atoms with Crippen LogP contribution in [-0.2, 0) is 4.74 Å². The Kier molecular flexibility index (Phi) is 4.30. The molecule has 0 saturated heterocycles. The summed E-state index contributed by atoms with van der Waals surface area (Å²) in [7, 11) is 1.63. The minimum Gasteiger partial charge on any atom is -0.491 e. The van der Waals surface area contributed by atoms with Crippen molar-refractivity contribution in [3.8, 4) is 5.75 Å². The van der Waals surface area contributed by atoms with Gasteiger partial charge in [-0.05, 0) is 18.2 Å². The lowest BCUT2D eigenvalue weighted by Gasteiger charge is -2.09. The predicted molar refractivity (Wildman–Crippen MR) is 70.7 cm³/mol. The Labute approximate surface area is 110 Å². The molecule has 2 rings (SSSR count). The Bertz CT molecular complexity index is 583. The van der Waals surface area contributed by atoms with E-state index in [0.29, 0.717) is 24.5 Å². The maximum absolute atomic E-state index is 11.1. The van der Waals surface area contributed by atoms with Gasteiger partial charge in [-0.25, -0.2) is 4.79 Å². The molecule has 1 N–H and O–H groups in total.